The number of carbonyl (C=O) groups is 1. The SMILES string of the molecule is Cc1cccc(CC(=O)c2ccc(N)c(F)c2)c1. The molecule has 0 unspecified atom stereocenters. The summed E-state index contributed by atoms with van der Waals surface area (Å²) in [5.41, 5.74) is 7.81. The molecule has 0 aliphatic rings. The molecule has 0 spiro atoms. The second kappa shape index (κ2) is 5.00. The molecule has 0 atom stereocenters. The Morgan fingerprint density at radius 1 is 1.22 bits per heavy atom. The largest absolute Gasteiger partial charge is 0.396 e. The van der Waals surface area contributed by atoms with Crippen molar-refractivity contribution in [1.29, 1.82) is 0 Å². The summed E-state index contributed by atoms with van der Waals surface area (Å²) < 4.78 is 13.3. The highest BCUT2D eigenvalue weighted by atomic mass is 19.1. The van der Waals surface area contributed by atoms with Crippen molar-refractivity contribution < 1.29 is 9.18 Å². The van der Waals surface area contributed by atoms with Gasteiger partial charge < -0.3 is 5.73 Å². The van der Waals surface area contributed by atoms with E-state index >= 15 is 0 Å². The lowest BCUT2D eigenvalue weighted by molar-refractivity contribution is 0.0992. The molecule has 0 bridgehead atoms. The molecule has 0 aliphatic heterocycles. The first-order valence-corrected chi connectivity index (χ1v) is 5.70. The van der Waals surface area contributed by atoms with Crippen LogP contribution in [-0.4, -0.2) is 5.78 Å². The van der Waals surface area contributed by atoms with Crippen molar-refractivity contribution in [2.75, 3.05) is 5.73 Å². The smallest absolute Gasteiger partial charge is 0.167 e. The van der Waals surface area contributed by atoms with Gasteiger partial charge in [-0.25, -0.2) is 4.39 Å². The Balaban J connectivity index is 2.19. The Morgan fingerprint density at radius 2 is 2.00 bits per heavy atom. The Labute approximate surface area is 105 Å². The molecule has 2 rings (SSSR count). The van der Waals surface area contributed by atoms with Crippen molar-refractivity contribution in [3.05, 3.63) is 65.0 Å². The molecule has 0 aliphatic carbocycles. The lowest BCUT2D eigenvalue weighted by Gasteiger charge is -2.04. The number of ketones is 1. The zero-order valence-corrected chi connectivity index (χ0v) is 10.1. The minimum absolute atomic E-state index is 0.0575. The van der Waals surface area contributed by atoms with E-state index in [0.29, 0.717) is 5.56 Å². The Bertz CT molecular complexity index is 593. The highest BCUT2D eigenvalue weighted by Gasteiger charge is 2.09. The van der Waals surface area contributed by atoms with E-state index < -0.39 is 5.82 Å². The van der Waals surface area contributed by atoms with Gasteiger partial charge in [-0.05, 0) is 30.7 Å². The number of carbonyl (C=O) groups excluding carboxylic acids is 1. The molecule has 2 nitrogen and oxygen atoms in total. The van der Waals surface area contributed by atoms with E-state index in [-0.39, 0.29) is 17.9 Å². The van der Waals surface area contributed by atoms with Gasteiger partial charge in [0.1, 0.15) is 5.82 Å². The number of halogens is 1. The zero-order valence-electron chi connectivity index (χ0n) is 10.1. The van der Waals surface area contributed by atoms with Crippen LogP contribution in [-0.2, 0) is 6.42 Å². The van der Waals surface area contributed by atoms with E-state index in [2.05, 4.69) is 0 Å². The highest BCUT2D eigenvalue weighted by Crippen LogP contribution is 2.14. The maximum Gasteiger partial charge on any atom is 0.167 e. The van der Waals surface area contributed by atoms with Crippen LogP contribution in [0.15, 0.2) is 42.5 Å². The quantitative estimate of drug-likeness (QED) is 0.664. The van der Waals surface area contributed by atoms with Crippen molar-refractivity contribution in [3.63, 3.8) is 0 Å². The van der Waals surface area contributed by atoms with Gasteiger partial charge in [-0.3, -0.25) is 4.79 Å². The fourth-order valence-corrected chi connectivity index (χ4v) is 1.81. The van der Waals surface area contributed by atoms with Crippen LogP contribution >= 0.6 is 0 Å². The van der Waals surface area contributed by atoms with E-state index in [1.54, 1.807) is 6.07 Å². The number of Topliss-reactive ketones (excluding diaryl/α,β-unsaturated/α-hetero) is 1. The van der Waals surface area contributed by atoms with Gasteiger partial charge in [-0.15, -0.1) is 0 Å². The van der Waals surface area contributed by atoms with Gasteiger partial charge in [-0.2, -0.15) is 0 Å². The third-order valence-corrected chi connectivity index (χ3v) is 2.77. The third-order valence-electron chi connectivity index (χ3n) is 2.77. The molecule has 0 amide bonds. The predicted molar refractivity (Wildman–Crippen MR) is 70.0 cm³/mol. The van der Waals surface area contributed by atoms with Crippen LogP contribution in [0.4, 0.5) is 10.1 Å². The highest BCUT2D eigenvalue weighted by molar-refractivity contribution is 5.97. The number of nitrogens with two attached hydrogens (primary N) is 1. The molecule has 2 N–H and O–H groups in total. The van der Waals surface area contributed by atoms with Crippen LogP contribution in [0, 0.1) is 12.7 Å². The summed E-state index contributed by atoms with van der Waals surface area (Å²) in [6.45, 7) is 1.97. The van der Waals surface area contributed by atoms with Gasteiger partial charge in [0.2, 0.25) is 0 Å². The van der Waals surface area contributed by atoms with Crippen molar-refractivity contribution in [1.82, 2.24) is 0 Å². The Hall–Kier alpha value is -2.16. The minimum atomic E-state index is -0.551. The molecule has 0 saturated carbocycles. The van der Waals surface area contributed by atoms with Crippen LogP contribution in [0.25, 0.3) is 0 Å². The van der Waals surface area contributed by atoms with Crippen LogP contribution in [0.3, 0.4) is 0 Å². The summed E-state index contributed by atoms with van der Waals surface area (Å²) in [4.78, 5) is 12.0. The maximum atomic E-state index is 13.3. The molecule has 3 heteroatoms. The maximum absolute atomic E-state index is 13.3. The molecule has 18 heavy (non-hydrogen) atoms. The molecule has 2 aromatic carbocycles. The molecule has 0 heterocycles. The average Bonchev–Trinajstić information content (AvgIpc) is 2.32. The number of hydrogen-bond acceptors (Lipinski definition) is 2. The van der Waals surface area contributed by atoms with E-state index in [1.165, 1.54) is 12.1 Å². The normalized spacial score (nSPS) is 10.3. The van der Waals surface area contributed by atoms with Crippen LogP contribution in [0.2, 0.25) is 0 Å². The second-order valence-corrected chi connectivity index (χ2v) is 4.33. The van der Waals surface area contributed by atoms with Crippen LogP contribution in [0.1, 0.15) is 21.5 Å². The molecule has 2 aromatic rings. The Morgan fingerprint density at radius 3 is 2.67 bits per heavy atom. The van der Waals surface area contributed by atoms with E-state index in [4.69, 9.17) is 5.73 Å². The number of hydrogen-bond donors (Lipinski definition) is 1. The summed E-state index contributed by atoms with van der Waals surface area (Å²) in [5, 5.41) is 0. The molecule has 92 valence electrons. The van der Waals surface area contributed by atoms with Crippen molar-refractivity contribution in [2.24, 2.45) is 0 Å². The summed E-state index contributed by atoms with van der Waals surface area (Å²) in [6, 6.07) is 11.9. The number of aryl methyl sites for hydroxylation is 1. The molecule has 0 aromatic heterocycles. The molecule has 0 radical (unpaired) electrons. The lowest BCUT2D eigenvalue weighted by atomic mass is 10.0. The zero-order chi connectivity index (χ0) is 13.1. The first-order chi connectivity index (χ1) is 8.56. The monoisotopic (exact) mass is 243 g/mol. The Kier molecular flexibility index (Phi) is 3.42. The molecular formula is C15H14FNO. The molecule has 0 fully saturated rings. The van der Waals surface area contributed by atoms with E-state index in [0.717, 1.165) is 11.1 Å². The molecular weight excluding hydrogens is 229 g/mol. The van der Waals surface area contributed by atoms with E-state index in [9.17, 15) is 9.18 Å². The standard InChI is InChI=1S/C15H14FNO/c1-10-3-2-4-11(7-10)8-15(18)12-5-6-14(17)13(16)9-12/h2-7,9H,8,17H2,1H3. The van der Waals surface area contributed by atoms with Crippen molar-refractivity contribution >= 4 is 11.5 Å². The third kappa shape index (κ3) is 2.74. The van der Waals surface area contributed by atoms with Gasteiger partial charge in [0.15, 0.2) is 5.78 Å². The van der Waals surface area contributed by atoms with Crippen molar-refractivity contribution in [2.45, 2.75) is 13.3 Å². The van der Waals surface area contributed by atoms with Gasteiger partial charge >= 0.3 is 0 Å². The fourth-order valence-electron chi connectivity index (χ4n) is 1.81. The lowest BCUT2D eigenvalue weighted by Crippen LogP contribution is -2.05. The van der Waals surface area contributed by atoms with E-state index in [1.807, 2.05) is 31.2 Å². The van der Waals surface area contributed by atoms with Gasteiger partial charge in [-0.1, -0.05) is 29.8 Å². The topological polar surface area (TPSA) is 43.1 Å². The fraction of sp³-hybridized carbons (Fsp3) is 0.133. The minimum Gasteiger partial charge on any atom is -0.396 e. The molecule has 0 saturated heterocycles. The predicted octanol–water partition coefficient (Wildman–Crippen LogP) is 3.14. The van der Waals surface area contributed by atoms with Crippen LogP contribution in [0.5, 0.6) is 0 Å². The number of benzene rings is 2. The second-order valence-electron chi connectivity index (χ2n) is 4.33. The summed E-state index contributed by atoms with van der Waals surface area (Å²) in [7, 11) is 0. The van der Waals surface area contributed by atoms with Crippen LogP contribution < -0.4 is 5.73 Å². The van der Waals surface area contributed by atoms with Gasteiger partial charge in [0.25, 0.3) is 0 Å². The number of anilines is 1. The van der Waals surface area contributed by atoms with Gasteiger partial charge in [0, 0.05) is 12.0 Å². The number of nitrogen functional groups attached to an aromatic ring is 1. The number of rotatable bonds is 3. The summed E-state index contributed by atoms with van der Waals surface area (Å²) in [6.07, 6.45) is 0.269. The van der Waals surface area contributed by atoms with Crippen molar-refractivity contribution in [3.8, 4) is 0 Å². The summed E-state index contributed by atoms with van der Waals surface area (Å²) in [5.74, 6) is -0.662. The van der Waals surface area contributed by atoms with Gasteiger partial charge in [0.05, 0.1) is 5.69 Å². The first kappa shape index (κ1) is 12.3. The summed E-state index contributed by atoms with van der Waals surface area (Å²) >= 11 is 0. The first-order valence-electron chi connectivity index (χ1n) is 5.70. The average molecular weight is 243 g/mol.